The Morgan fingerprint density at radius 1 is 0.972 bits per heavy atom. The maximum atomic E-state index is 13.0. The summed E-state index contributed by atoms with van der Waals surface area (Å²) in [6.07, 6.45) is 13.8. The van der Waals surface area contributed by atoms with E-state index >= 15 is 0 Å². The SMILES string of the molecule is C[C@@H]([C@H]1CC[C@@]2(C)[C@@H]3CC[C@@H]4C(=CC3=CC[C@]12C)CC[C@H](NC(=O)c1ccccc1)C4(C)C)N(C)C. The summed E-state index contributed by atoms with van der Waals surface area (Å²) in [6.45, 7) is 12.5. The molecule has 196 valence electrons. The summed E-state index contributed by atoms with van der Waals surface area (Å²) in [7, 11) is 4.51. The highest BCUT2D eigenvalue weighted by Gasteiger charge is 2.61. The predicted molar refractivity (Wildman–Crippen MR) is 150 cm³/mol. The van der Waals surface area contributed by atoms with Gasteiger partial charge in [-0.3, -0.25) is 4.79 Å². The molecule has 3 nitrogen and oxygen atoms in total. The van der Waals surface area contributed by atoms with Crippen molar-refractivity contribution in [3.8, 4) is 0 Å². The molecule has 0 saturated heterocycles. The van der Waals surface area contributed by atoms with E-state index in [1.54, 1.807) is 11.1 Å². The average Bonchev–Trinajstić information content (AvgIpc) is 2.99. The Hall–Kier alpha value is -1.87. The van der Waals surface area contributed by atoms with E-state index < -0.39 is 0 Å². The van der Waals surface area contributed by atoms with E-state index in [-0.39, 0.29) is 17.4 Å². The molecule has 1 aromatic carbocycles. The molecular weight excluding hydrogens is 440 g/mol. The zero-order valence-corrected chi connectivity index (χ0v) is 23.7. The molecule has 0 aliphatic heterocycles. The van der Waals surface area contributed by atoms with Gasteiger partial charge in [-0.05, 0) is 118 Å². The van der Waals surface area contributed by atoms with E-state index in [4.69, 9.17) is 0 Å². The summed E-state index contributed by atoms with van der Waals surface area (Å²) in [5, 5.41) is 3.44. The van der Waals surface area contributed by atoms with Crippen molar-refractivity contribution in [1.29, 1.82) is 0 Å². The van der Waals surface area contributed by atoms with Gasteiger partial charge in [0.05, 0.1) is 0 Å². The van der Waals surface area contributed by atoms with Gasteiger partial charge in [-0.15, -0.1) is 0 Å². The maximum Gasteiger partial charge on any atom is 0.251 e. The van der Waals surface area contributed by atoms with Gasteiger partial charge >= 0.3 is 0 Å². The quantitative estimate of drug-likeness (QED) is 0.484. The van der Waals surface area contributed by atoms with E-state index in [0.29, 0.717) is 28.7 Å². The summed E-state index contributed by atoms with van der Waals surface area (Å²) in [5.74, 6) is 2.01. The molecular formula is C33H48N2O. The van der Waals surface area contributed by atoms with Crippen LogP contribution in [0.25, 0.3) is 0 Å². The van der Waals surface area contributed by atoms with Crippen LogP contribution in [0.4, 0.5) is 0 Å². The smallest absolute Gasteiger partial charge is 0.251 e. The molecule has 3 heteroatoms. The molecule has 1 N–H and O–H groups in total. The van der Waals surface area contributed by atoms with Crippen LogP contribution in [0.15, 0.2) is 53.6 Å². The van der Waals surface area contributed by atoms with Gasteiger partial charge in [0.2, 0.25) is 0 Å². The van der Waals surface area contributed by atoms with Crippen LogP contribution in [0.3, 0.4) is 0 Å². The molecule has 0 radical (unpaired) electrons. The number of benzene rings is 1. The summed E-state index contributed by atoms with van der Waals surface area (Å²) >= 11 is 0. The number of allylic oxidation sites excluding steroid dienone is 4. The molecule has 36 heavy (non-hydrogen) atoms. The number of hydrogen-bond donors (Lipinski definition) is 1. The second kappa shape index (κ2) is 9.15. The van der Waals surface area contributed by atoms with Crippen LogP contribution < -0.4 is 5.32 Å². The van der Waals surface area contributed by atoms with E-state index in [1.807, 2.05) is 30.3 Å². The fraction of sp³-hybridized carbons (Fsp3) is 0.667. The Balaban J connectivity index is 1.39. The second-order valence-electron chi connectivity index (χ2n) is 13.7. The van der Waals surface area contributed by atoms with Crippen LogP contribution in [0.5, 0.6) is 0 Å². The van der Waals surface area contributed by atoms with Crippen molar-refractivity contribution in [2.45, 2.75) is 91.6 Å². The zero-order valence-electron chi connectivity index (χ0n) is 23.7. The topological polar surface area (TPSA) is 32.3 Å². The van der Waals surface area contributed by atoms with Gasteiger partial charge in [0.15, 0.2) is 0 Å². The lowest BCUT2D eigenvalue weighted by Crippen LogP contribution is -2.51. The minimum absolute atomic E-state index is 0.0461. The lowest BCUT2D eigenvalue weighted by atomic mass is 9.51. The summed E-state index contributed by atoms with van der Waals surface area (Å²) < 4.78 is 0. The summed E-state index contributed by atoms with van der Waals surface area (Å²) in [4.78, 5) is 15.5. The minimum Gasteiger partial charge on any atom is -0.349 e. The number of nitrogens with zero attached hydrogens (tertiary/aromatic N) is 1. The number of rotatable bonds is 4. The third kappa shape index (κ3) is 3.92. The Morgan fingerprint density at radius 3 is 2.36 bits per heavy atom. The number of fused-ring (bicyclic) bond motifs is 4. The van der Waals surface area contributed by atoms with Crippen LogP contribution in [0, 0.1) is 34.0 Å². The van der Waals surface area contributed by atoms with Crippen molar-refractivity contribution >= 4 is 5.91 Å². The van der Waals surface area contributed by atoms with E-state index in [0.717, 1.165) is 24.3 Å². The number of hydrogen-bond acceptors (Lipinski definition) is 2. The second-order valence-corrected chi connectivity index (χ2v) is 13.7. The molecule has 0 bridgehead atoms. The molecule has 0 aromatic heterocycles. The van der Waals surface area contributed by atoms with Crippen LogP contribution in [-0.2, 0) is 0 Å². The first-order valence-corrected chi connectivity index (χ1v) is 14.4. The van der Waals surface area contributed by atoms with Crippen molar-refractivity contribution in [3.63, 3.8) is 0 Å². The third-order valence-electron chi connectivity index (χ3n) is 11.8. The molecule has 2 fully saturated rings. The highest BCUT2D eigenvalue weighted by atomic mass is 16.1. The highest BCUT2D eigenvalue weighted by molar-refractivity contribution is 5.94. The Bertz CT molecular complexity index is 1050. The molecule has 4 aliphatic carbocycles. The van der Waals surface area contributed by atoms with Crippen LogP contribution >= 0.6 is 0 Å². The zero-order chi connectivity index (χ0) is 25.9. The molecule has 0 heterocycles. The van der Waals surface area contributed by atoms with E-state index in [9.17, 15) is 4.79 Å². The molecule has 1 aromatic rings. The monoisotopic (exact) mass is 488 g/mol. The van der Waals surface area contributed by atoms with Gasteiger partial charge in [-0.1, -0.05) is 63.6 Å². The van der Waals surface area contributed by atoms with Gasteiger partial charge in [-0.2, -0.15) is 0 Å². The standard InChI is InChI=1S/C33H48N2O/c1-22(35(6)7)26-18-20-33(5)28-15-14-27-24(21-25(28)17-19-32(26,33)4)13-16-29(31(27,2)3)34-30(36)23-11-9-8-10-12-23/h8-12,17,21-22,26-29H,13-16,18-20H2,1-7H3,(H,34,36)/t22-,26+,27+,28+,29-,32+,33-/m0/s1. The largest absolute Gasteiger partial charge is 0.349 e. The first-order chi connectivity index (χ1) is 17.0. The Kier molecular flexibility index (Phi) is 6.55. The molecule has 0 unspecified atom stereocenters. The van der Waals surface area contributed by atoms with Gasteiger partial charge < -0.3 is 10.2 Å². The summed E-state index contributed by atoms with van der Waals surface area (Å²) in [5.41, 5.74) is 4.81. The third-order valence-corrected chi connectivity index (χ3v) is 11.8. The minimum atomic E-state index is 0.0461. The van der Waals surface area contributed by atoms with Gasteiger partial charge in [0.1, 0.15) is 0 Å². The Morgan fingerprint density at radius 2 is 1.67 bits per heavy atom. The lowest BCUT2D eigenvalue weighted by Gasteiger charge is -2.54. The normalized spacial score (nSPS) is 38.1. The molecule has 7 atom stereocenters. The molecule has 5 rings (SSSR count). The fourth-order valence-electron chi connectivity index (χ4n) is 9.00. The van der Waals surface area contributed by atoms with Crippen molar-refractivity contribution in [2.24, 2.45) is 34.0 Å². The van der Waals surface area contributed by atoms with Crippen molar-refractivity contribution in [2.75, 3.05) is 14.1 Å². The Labute approximate surface area is 219 Å². The van der Waals surface area contributed by atoms with Crippen LogP contribution in [0.1, 0.15) is 89.9 Å². The van der Waals surface area contributed by atoms with Crippen molar-refractivity contribution < 1.29 is 4.79 Å². The van der Waals surface area contributed by atoms with Gasteiger partial charge in [-0.25, -0.2) is 0 Å². The lowest BCUT2D eigenvalue weighted by molar-refractivity contribution is -0.0115. The fourth-order valence-corrected chi connectivity index (χ4v) is 9.00. The molecule has 1 amide bonds. The average molecular weight is 489 g/mol. The van der Waals surface area contributed by atoms with Crippen LogP contribution in [0.2, 0.25) is 0 Å². The number of nitrogens with one attached hydrogen (secondary N) is 1. The van der Waals surface area contributed by atoms with Gasteiger partial charge in [0.25, 0.3) is 5.91 Å². The van der Waals surface area contributed by atoms with Crippen molar-refractivity contribution in [3.05, 3.63) is 59.2 Å². The van der Waals surface area contributed by atoms with Crippen molar-refractivity contribution in [1.82, 2.24) is 10.2 Å². The number of amides is 1. The molecule has 2 saturated carbocycles. The summed E-state index contributed by atoms with van der Waals surface area (Å²) in [6, 6.07) is 10.5. The molecule has 0 spiro atoms. The van der Waals surface area contributed by atoms with Crippen LogP contribution in [-0.4, -0.2) is 37.0 Å². The number of carbonyl (C=O) groups is 1. The predicted octanol–water partition coefficient (Wildman–Crippen LogP) is 7.26. The van der Waals surface area contributed by atoms with E-state index in [2.05, 4.69) is 71.1 Å². The first kappa shape index (κ1) is 25.8. The molecule has 4 aliphatic rings. The first-order valence-electron chi connectivity index (χ1n) is 14.4. The van der Waals surface area contributed by atoms with E-state index in [1.165, 1.54) is 32.1 Å². The highest BCUT2D eigenvalue weighted by Crippen LogP contribution is 2.68. The number of carbonyl (C=O) groups excluding carboxylic acids is 1. The maximum absolute atomic E-state index is 13.0. The van der Waals surface area contributed by atoms with Gasteiger partial charge in [0, 0.05) is 17.6 Å².